The molecule has 8 heteroatoms. The van der Waals surface area contributed by atoms with Crippen molar-refractivity contribution in [2.45, 2.75) is 24.3 Å². The molecule has 1 spiro atoms. The standard InChI is InChI=1S/C20H20Cl2N2O3S/c21-11-18(25)23-8-6-20(7-9-23)24(19(26)13-28-20)12-16-4-5-17(27-16)14-2-1-3-15(22)10-14/h1-5,10H,6-9,11-13H2. The van der Waals surface area contributed by atoms with Crippen molar-refractivity contribution in [2.75, 3.05) is 24.7 Å². The molecule has 2 amide bonds. The Labute approximate surface area is 177 Å². The van der Waals surface area contributed by atoms with Gasteiger partial charge in [-0.1, -0.05) is 23.7 Å². The molecule has 4 rings (SSSR count). The molecule has 0 radical (unpaired) electrons. The molecular formula is C20H20Cl2N2O3S. The van der Waals surface area contributed by atoms with Crippen molar-refractivity contribution < 1.29 is 14.0 Å². The molecular weight excluding hydrogens is 419 g/mol. The second-order valence-corrected chi connectivity index (χ2v) is 9.05. The first-order valence-corrected chi connectivity index (χ1v) is 11.0. The van der Waals surface area contributed by atoms with Gasteiger partial charge in [-0.3, -0.25) is 9.59 Å². The molecule has 0 aliphatic carbocycles. The molecule has 28 heavy (non-hydrogen) atoms. The Bertz CT molecular complexity index is 893. The maximum atomic E-state index is 12.6. The number of benzene rings is 1. The Morgan fingerprint density at radius 2 is 2.00 bits per heavy atom. The van der Waals surface area contributed by atoms with Crippen LogP contribution >= 0.6 is 35.0 Å². The zero-order chi connectivity index (χ0) is 19.7. The molecule has 0 atom stereocenters. The van der Waals surface area contributed by atoms with Crippen LogP contribution in [0.5, 0.6) is 0 Å². The number of hydrogen-bond acceptors (Lipinski definition) is 4. The fourth-order valence-electron chi connectivity index (χ4n) is 3.83. The minimum Gasteiger partial charge on any atom is -0.459 e. The predicted octanol–water partition coefficient (Wildman–Crippen LogP) is 4.23. The van der Waals surface area contributed by atoms with Crippen molar-refractivity contribution in [1.82, 2.24) is 9.80 Å². The molecule has 148 valence electrons. The number of alkyl halides is 1. The minimum atomic E-state index is -0.275. The van der Waals surface area contributed by atoms with Gasteiger partial charge in [-0.25, -0.2) is 0 Å². The Kier molecular flexibility index (Phi) is 5.63. The number of piperidine rings is 1. The second kappa shape index (κ2) is 8.01. The Balaban J connectivity index is 1.49. The van der Waals surface area contributed by atoms with Crippen LogP contribution in [-0.4, -0.2) is 51.2 Å². The molecule has 2 aliphatic rings. The fourth-order valence-corrected chi connectivity index (χ4v) is 5.53. The van der Waals surface area contributed by atoms with E-state index in [1.165, 1.54) is 0 Å². The molecule has 2 fully saturated rings. The summed E-state index contributed by atoms with van der Waals surface area (Å²) in [6.45, 7) is 1.67. The summed E-state index contributed by atoms with van der Waals surface area (Å²) in [7, 11) is 0. The number of furan rings is 1. The highest BCUT2D eigenvalue weighted by molar-refractivity contribution is 8.01. The lowest BCUT2D eigenvalue weighted by Gasteiger charge is -2.43. The number of hydrogen-bond donors (Lipinski definition) is 0. The molecule has 2 aromatic rings. The van der Waals surface area contributed by atoms with Crippen LogP contribution in [0.15, 0.2) is 40.8 Å². The largest absolute Gasteiger partial charge is 0.459 e. The third-order valence-electron chi connectivity index (χ3n) is 5.35. The van der Waals surface area contributed by atoms with Gasteiger partial charge in [0.05, 0.1) is 17.2 Å². The van der Waals surface area contributed by atoms with Crippen LogP contribution in [0.25, 0.3) is 11.3 Å². The van der Waals surface area contributed by atoms with Gasteiger partial charge in [0.2, 0.25) is 11.8 Å². The lowest BCUT2D eigenvalue weighted by molar-refractivity contribution is -0.134. The monoisotopic (exact) mass is 438 g/mol. The number of thioether (sulfide) groups is 1. The minimum absolute atomic E-state index is 0.00145. The zero-order valence-corrected chi connectivity index (χ0v) is 17.5. The van der Waals surface area contributed by atoms with Gasteiger partial charge in [-0.05, 0) is 37.1 Å². The number of likely N-dealkylation sites (tertiary alicyclic amines) is 1. The van der Waals surface area contributed by atoms with E-state index in [0.717, 1.165) is 29.9 Å². The maximum absolute atomic E-state index is 12.6. The van der Waals surface area contributed by atoms with Crippen molar-refractivity contribution >= 4 is 46.8 Å². The Hall–Kier alpha value is -1.63. The first-order chi connectivity index (χ1) is 13.5. The number of carbonyl (C=O) groups is 2. The summed E-state index contributed by atoms with van der Waals surface area (Å²) >= 11 is 13.4. The summed E-state index contributed by atoms with van der Waals surface area (Å²) < 4.78 is 6.00. The van der Waals surface area contributed by atoms with Crippen LogP contribution in [0.4, 0.5) is 0 Å². The van der Waals surface area contributed by atoms with E-state index in [1.807, 2.05) is 41.3 Å². The van der Waals surface area contributed by atoms with Crippen molar-refractivity contribution in [3.63, 3.8) is 0 Å². The van der Waals surface area contributed by atoms with Gasteiger partial charge >= 0.3 is 0 Å². The Morgan fingerprint density at radius 3 is 2.71 bits per heavy atom. The van der Waals surface area contributed by atoms with Gasteiger partial charge in [0.25, 0.3) is 0 Å². The fraction of sp³-hybridized carbons (Fsp3) is 0.400. The first-order valence-electron chi connectivity index (χ1n) is 9.13. The molecule has 2 saturated heterocycles. The quantitative estimate of drug-likeness (QED) is 0.669. The number of carbonyl (C=O) groups excluding carboxylic acids is 2. The summed E-state index contributed by atoms with van der Waals surface area (Å²) in [6.07, 6.45) is 1.49. The van der Waals surface area contributed by atoms with Gasteiger partial charge < -0.3 is 14.2 Å². The van der Waals surface area contributed by atoms with E-state index >= 15 is 0 Å². The van der Waals surface area contributed by atoms with Crippen LogP contribution in [0.3, 0.4) is 0 Å². The number of amides is 2. The molecule has 0 N–H and O–H groups in total. The molecule has 2 aliphatic heterocycles. The molecule has 5 nitrogen and oxygen atoms in total. The molecule has 1 aromatic heterocycles. The van der Waals surface area contributed by atoms with Crippen molar-refractivity contribution in [1.29, 1.82) is 0 Å². The van der Waals surface area contributed by atoms with Gasteiger partial charge in [0, 0.05) is 23.7 Å². The first kappa shape index (κ1) is 19.7. The van der Waals surface area contributed by atoms with E-state index in [-0.39, 0.29) is 22.6 Å². The summed E-state index contributed by atoms with van der Waals surface area (Å²) in [5.41, 5.74) is 0.906. The van der Waals surface area contributed by atoms with E-state index < -0.39 is 0 Å². The van der Waals surface area contributed by atoms with Gasteiger partial charge in [-0.15, -0.1) is 23.4 Å². The molecule has 3 heterocycles. The number of halogens is 2. The van der Waals surface area contributed by atoms with Crippen LogP contribution in [0.2, 0.25) is 5.02 Å². The average Bonchev–Trinajstić information content (AvgIpc) is 3.29. The maximum Gasteiger partial charge on any atom is 0.237 e. The van der Waals surface area contributed by atoms with Crippen molar-refractivity contribution in [3.8, 4) is 11.3 Å². The summed E-state index contributed by atoms with van der Waals surface area (Å²) in [4.78, 5) is 27.9. The van der Waals surface area contributed by atoms with E-state index in [0.29, 0.717) is 30.4 Å². The van der Waals surface area contributed by atoms with Crippen LogP contribution in [0.1, 0.15) is 18.6 Å². The highest BCUT2D eigenvalue weighted by atomic mass is 35.5. The van der Waals surface area contributed by atoms with Crippen molar-refractivity contribution in [3.05, 3.63) is 47.2 Å². The SMILES string of the molecule is O=C(CCl)N1CCC2(CC1)SCC(=O)N2Cc1ccc(-c2cccc(Cl)c2)o1. The van der Waals surface area contributed by atoms with E-state index in [9.17, 15) is 9.59 Å². The third-order valence-corrected chi connectivity index (χ3v) is 7.37. The third kappa shape index (κ3) is 3.78. The molecule has 0 saturated carbocycles. The molecule has 0 unspecified atom stereocenters. The number of rotatable bonds is 4. The van der Waals surface area contributed by atoms with E-state index in [4.69, 9.17) is 27.6 Å². The van der Waals surface area contributed by atoms with Gasteiger partial charge in [0.1, 0.15) is 17.4 Å². The molecule has 1 aromatic carbocycles. The second-order valence-electron chi connectivity index (χ2n) is 7.01. The summed E-state index contributed by atoms with van der Waals surface area (Å²) in [6, 6.07) is 11.3. The van der Waals surface area contributed by atoms with Gasteiger partial charge in [-0.2, -0.15) is 0 Å². The Morgan fingerprint density at radius 1 is 1.21 bits per heavy atom. The zero-order valence-electron chi connectivity index (χ0n) is 15.2. The molecule has 0 bridgehead atoms. The lowest BCUT2D eigenvalue weighted by Crippen LogP contribution is -2.52. The van der Waals surface area contributed by atoms with Crippen molar-refractivity contribution in [2.24, 2.45) is 0 Å². The average molecular weight is 439 g/mol. The normalized spacial score (nSPS) is 18.9. The van der Waals surface area contributed by atoms with Gasteiger partial charge in [0.15, 0.2) is 0 Å². The summed E-state index contributed by atoms with van der Waals surface area (Å²) in [5, 5.41) is 0.652. The predicted molar refractivity (Wildman–Crippen MR) is 111 cm³/mol. The highest BCUT2D eigenvalue weighted by Crippen LogP contribution is 2.45. The number of nitrogens with zero attached hydrogens (tertiary/aromatic N) is 2. The van der Waals surface area contributed by atoms with E-state index in [1.54, 1.807) is 16.7 Å². The summed E-state index contributed by atoms with van der Waals surface area (Å²) in [5.74, 6) is 2.00. The van der Waals surface area contributed by atoms with E-state index in [2.05, 4.69) is 0 Å². The van der Waals surface area contributed by atoms with Crippen LogP contribution < -0.4 is 0 Å². The smallest absolute Gasteiger partial charge is 0.237 e. The highest BCUT2D eigenvalue weighted by Gasteiger charge is 2.48. The van der Waals surface area contributed by atoms with Crippen LogP contribution in [0, 0.1) is 0 Å². The topological polar surface area (TPSA) is 53.8 Å². The van der Waals surface area contributed by atoms with Crippen LogP contribution in [-0.2, 0) is 16.1 Å². The lowest BCUT2D eigenvalue weighted by atomic mass is 10.0.